The first-order chi connectivity index (χ1) is 8.04. The van der Waals surface area contributed by atoms with Gasteiger partial charge in [-0.3, -0.25) is 4.79 Å². The van der Waals surface area contributed by atoms with Gasteiger partial charge in [-0.15, -0.1) is 11.3 Å². The number of hydrogen-bond acceptors (Lipinski definition) is 3. The van der Waals surface area contributed by atoms with E-state index in [1.165, 1.54) is 0 Å². The van der Waals surface area contributed by atoms with E-state index in [9.17, 15) is 4.79 Å². The van der Waals surface area contributed by atoms with Crippen LogP contribution in [0.5, 0.6) is 0 Å². The van der Waals surface area contributed by atoms with Crippen LogP contribution < -0.4 is 5.73 Å². The van der Waals surface area contributed by atoms with Gasteiger partial charge in [-0.05, 0) is 6.07 Å². The minimum atomic E-state index is 0.0384. The number of amides is 1. The summed E-state index contributed by atoms with van der Waals surface area (Å²) in [5, 5.41) is 1.99. The van der Waals surface area contributed by atoms with E-state index in [1.54, 1.807) is 16.2 Å². The Morgan fingerprint density at radius 2 is 2.29 bits per heavy atom. The average Bonchev–Trinajstić information content (AvgIpc) is 2.72. The van der Waals surface area contributed by atoms with Crippen molar-refractivity contribution in [1.29, 1.82) is 0 Å². The van der Waals surface area contributed by atoms with Crippen LogP contribution in [0.25, 0.3) is 0 Å². The van der Waals surface area contributed by atoms with Crippen LogP contribution in [-0.4, -0.2) is 24.4 Å². The second-order valence-corrected chi connectivity index (χ2v) is 5.15. The molecule has 0 aliphatic heterocycles. The third-order valence-corrected chi connectivity index (χ3v) is 3.17. The summed E-state index contributed by atoms with van der Waals surface area (Å²) in [6.07, 6.45) is 0. The highest BCUT2D eigenvalue weighted by molar-refractivity contribution is 7.10. The number of nitrogens with zero attached hydrogens (tertiary/aromatic N) is 1. The number of nitrogens with two attached hydrogens (primary N) is 1. The van der Waals surface area contributed by atoms with E-state index < -0.39 is 0 Å². The molecule has 0 aliphatic rings. The molecule has 0 saturated heterocycles. The van der Waals surface area contributed by atoms with Gasteiger partial charge in [0.05, 0.1) is 13.1 Å². The third kappa shape index (κ3) is 4.22. The molecule has 0 spiro atoms. The van der Waals surface area contributed by atoms with Crippen molar-refractivity contribution in [2.75, 3.05) is 13.6 Å². The monoisotopic (exact) mass is 250 g/mol. The fourth-order valence-corrected chi connectivity index (χ4v) is 2.30. The molecule has 0 atom stereocenters. The molecule has 0 fully saturated rings. The van der Waals surface area contributed by atoms with E-state index in [1.807, 2.05) is 32.3 Å². The molecule has 1 aromatic heterocycles. The van der Waals surface area contributed by atoms with Crippen molar-refractivity contribution >= 4 is 17.2 Å². The zero-order valence-corrected chi connectivity index (χ0v) is 11.3. The fourth-order valence-electron chi connectivity index (χ4n) is 1.43. The van der Waals surface area contributed by atoms with Crippen LogP contribution >= 0.6 is 11.3 Å². The van der Waals surface area contributed by atoms with Gasteiger partial charge in [0.1, 0.15) is 0 Å². The van der Waals surface area contributed by atoms with Crippen LogP contribution in [0.3, 0.4) is 0 Å². The highest BCUT2D eigenvalue weighted by Gasteiger charge is 2.13. The van der Waals surface area contributed by atoms with Crippen LogP contribution in [0.4, 0.5) is 0 Å². The van der Waals surface area contributed by atoms with Crippen molar-refractivity contribution in [3.05, 3.63) is 21.9 Å². The number of thiophene rings is 1. The molecule has 3 nitrogen and oxygen atoms in total. The van der Waals surface area contributed by atoms with Crippen molar-refractivity contribution in [2.24, 2.45) is 11.7 Å². The lowest BCUT2D eigenvalue weighted by Gasteiger charge is -2.18. The van der Waals surface area contributed by atoms with Gasteiger partial charge in [0.25, 0.3) is 0 Å². The van der Waals surface area contributed by atoms with E-state index >= 15 is 0 Å². The lowest BCUT2D eigenvalue weighted by Crippen LogP contribution is -2.29. The molecular weight excluding hydrogens is 232 g/mol. The molecule has 0 unspecified atom stereocenters. The minimum absolute atomic E-state index is 0.0384. The summed E-state index contributed by atoms with van der Waals surface area (Å²) in [6, 6.07) is 2.01. The minimum Gasteiger partial charge on any atom is -0.340 e. The standard InChI is InChI=1S/C13H18N2OS/c1-10(2)13(16)15(3)8-12-7-11(9-17-12)5-4-6-14/h7,9-10H,6,8,14H2,1-3H3. The molecule has 1 amide bonds. The molecule has 0 aliphatic carbocycles. The number of hydrogen-bond donors (Lipinski definition) is 1. The molecule has 0 bridgehead atoms. The SMILES string of the molecule is CC(C)C(=O)N(C)Cc1cc(C#CCN)cs1. The Morgan fingerprint density at radius 3 is 2.88 bits per heavy atom. The van der Waals surface area contributed by atoms with Crippen LogP contribution in [0.1, 0.15) is 24.3 Å². The van der Waals surface area contributed by atoms with Gasteiger partial charge in [-0.2, -0.15) is 0 Å². The molecular formula is C13H18N2OS. The molecule has 4 heteroatoms. The molecule has 17 heavy (non-hydrogen) atoms. The maximum atomic E-state index is 11.7. The molecule has 1 heterocycles. The summed E-state index contributed by atoms with van der Waals surface area (Å²) in [5.41, 5.74) is 6.29. The van der Waals surface area contributed by atoms with Gasteiger partial charge >= 0.3 is 0 Å². The zero-order valence-electron chi connectivity index (χ0n) is 10.5. The molecule has 2 N–H and O–H groups in total. The highest BCUT2D eigenvalue weighted by Crippen LogP contribution is 2.16. The Bertz CT molecular complexity index is 440. The summed E-state index contributed by atoms with van der Waals surface area (Å²) in [4.78, 5) is 14.6. The van der Waals surface area contributed by atoms with Gasteiger partial charge in [0.2, 0.25) is 5.91 Å². The van der Waals surface area contributed by atoms with E-state index in [-0.39, 0.29) is 11.8 Å². The Labute approximate surface area is 107 Å². The third-order valence-electron chi connectivity index (χ3n) is 2.25. The van der Waals surface area contributed by atoms with E-state index in [0.29, 0.717) is 13.1 Å². The lowest BCUT2D eigenvalue weighted by molar-refractivity contribution is -0.133. The Hall–Kier alpha value is -1.31. The molecule has 1 rings (SSSR count). The van der Waals surface area contributed by atoms with Gasteiger partial charge in [0.15, 0.2) is 0 Å². The Balaban J connectivity index is 2.63. The Kier molecular flexibility index (Phi) is 5.20. The summed E-state index contributed by atoms with van der Waals surface area (Å²) < 4.78 is 0. The molecule has 0 aromatic carbocycles. The number of carbonyl (C=O) groups is 1. The van der Waals surface area contributed by atoms with Crippen molar-refractivity contribution < 1.29 is 4.79 Å². The van der Waals surface area contributed by atoms with Crippen LogP contribution in [-0.2, 0) is 11.3 Å². The van der Waals surface area contributed by atoms with Crippen molar-refractivity contribution in [3.63, 3.8) is 0 Å². The van der Waals surface area contributed by atoms with Crippen LogP contribution in [0.2, 0.25) is 0 Å². The largest absolute Gasteiger partial charge is 0.340 e. The second-order valence-electron chi connectivity index (χ2n) is 4.16. The van der Waals surface area contributed by atoms with E-state index in [4.69, 9.17) is 5.73 Å². The fraction of sp³-hybridized carbons (Fsp3) is 0.462. The maximum absolute atomic E-state index is 11.7. The van der Waals surface area contributed by atoms with Crippen LogP contribution in [0, 0.1) is 17.8 Å². The van der Waals surface area contributed by atoms with Crippen molar-refractivity contribution in [3.8, 4) is 11.8 Å². The smallest absolute Gasteiger partial charge is 0.225 e. The first-order valence-electron chi connectivity index (χ1n) is 5.56. The van der Waals surface area contributed by atoms with E-state index in [0.717, 1.165) is 10.4 Å². The van der Waals surface area contributed by atoms with Crippen molar-refractivity contribution in [1.82, 2.24) is 4.90 Å². The molecule has 92 valence electrons. The summed E-state index contributed by atoms with van der Waals surface area (Å²) in [5.74, 6) is 6.00. The normalized spacial score (nSPS) is 9.94. The first-order valence-corrected chi connectivity index (χ1v) is 6.44. The predicted molar refractivity (Wildman–Crippen MR) is 71.6 cm³/mol. The van der Waals surface area contributed by atoms with Gasteiger partial charge in [-0.1, -0.05) is 25.7 Å². The van der Waals surface area contributed by atoms with Crippen LogP contribution in [0.15, 0.2) is 11.4 Å². The zero-order chi connectivity index (χ0) is 12.8. The molecule has 1 aromatic rings. The maximum Gasteiger partial charge on any atom is 0.225 e. The summed E-state index contributed by atoms with van der Waals surface area (Å²) in [6.45, 7) is 4.83. The first kappa shape index (κ1) is 13.8. The average molecular weight is 250 g/mol. The van der Waals surface area contributed by atoms with Gasteiger partial charge in [-0.25, -0.2) is 0 Å². The van der Waals surface area contributed by atoms with Crippen molar-refractivity contribution in [2.45, 2.75) is 20.4 Å². The van der Waals surface area contributed by atoms with Gasteiger partial charge in [0, 0.05) is 28.8 Å². The highest BCUT2D eigenvalue weighted by atomic mass is 32.1. The second kappa shape index (κ2) is 6.43. The number of carbonyl (C=O) groups excluding carboxylic acids is 1. The topological polar surface area (TPSA) is 46.3 Å². The quantitative estimate of drug-likeness (QED) is 0.830. The number of rotatable bonds is 3. The molecule has 0 saturated carbocycles. The molecule has 0 radical (unpaired) electrons. The summed E-state index contributed by atoms with van der Waals surface area (Å²) in [7, 11) is 1.83. The van der Waals surface area contributed by atoms with Gasteiger partial charge < -0.3 is 10.6 Å². The van der Waals surface area contributed by atoms with E-state index in [2.05, 4.69) is 11.8 Å². The summed E-state index contributed by atoms with van der Waals surface area (Å²) >= 11 is 1.62. The predicted octanol–water partition coefficient (Wildman–Crippen LogP) is 1.67. The lowest BCUT2D eigenvalue weighted by atomic mass is 10.2. The Morgan fingerprint density at radius 1 is 1.59 bits per heavy atom.